The van der Waals surface area contributed by atoms with E-state index in [1.807, 2.05) is 41.8 Å². The average Bonchev–Trinajstić information content (AvgIpc) is 3.39. The molecule has 160 valence electrons. The van der Waals surface area contributed by atoms with Crippen LogP contribution in [0.1, 0.15) is 23.8 Å². The molecule has 1 N–H and O–H groups in total. The molecular weight excluding hydrogens is 436 g/mol. The maximum Gasteiger partial charge on any atom is 0.316 e. The van der Waals surface area contributed by atoms with E-state index in [1.165, 1.54) is 4.90 Å². The van der Waals surface area contributed by atoms with Crippen molar-refractivity contribution >= 4 is 57.6 Å². The fourth-order valence-electron chi connectivity index (χ4n) is 3.20. The number of rotatable bonds is 7. The van der Waals surface area contributed by atoms with Crippen molar-refractivity contribution in [3.63, 3.8) is 0 Å². The van der Waals surface area contributed by atoms with Crippen molar-refractivity contribution in [2.45, 2.75) is 25.9 Å². The third-order valence-corrected chi connectivity index (χ3v) is 6.38. The van der Waals surface area contributed by atoms with Gasteiger partial charge in [-0.3, -0.25) is 19.4 Å². The van der Waals surface area contributed by atoms with Gasteiger partial charge in [0.15, 0.2) is 5.17 Å². The van der Waals surface area contributed by atoms with E-state index in [1.54, 1.807) is 18.3 Å². The first-order chi connectivity index (χ1) is 15.1. The quantitative estimate of drug-likeness (QED) is 0.646. The summed E-state index contributed by atoms with van der Waals surface area (Å²) in [5.74, 6) is -0.479. The molecule has 2 amide bonds. The lowest BCUT2D eigenvalue weighted by atomic mass is 10.1. The predicted molar refractivity (Wildman–Crippen MR) is 121 cm³/mol. The second kappa shape index (κ2) is 9.44. The normalized spacial score (nSPS) is 16.9. The van der Waals surface area contributed by atoms with E-state index in [-0.39, 0.29) is 36.6 Å². The highest BCUT2D eigenvalue weighted by Gasteiger charge is 2.42. The summed E-state index contributed by atoms with van der Waals surface area (Å²) < 4.78 is 4.97. The molecule has 31 heavy (non-hydrogen) atoms. The summed E-state index contributed by atoms with van der Waals surface area (Å²) in [6.07, 6.45) is -0.0534. The topological polar surface area (TPSA) is 100 Å². The molecule has 0 aliphatic carbocycles. The Kier molecular flexibility index (Phi) is 6.47. The van der Waals surface area contributed by atoms with Crippen LogP contribution >= 0.6 is 23.1 Å². The number of carbonyl (C=O) groups excluding carboxylic acids is 3. The van der Waals surface area contributed by atoms with Gasteiger partial charge >= 0.3 is 5.97 Å². The van der Waals surface area contributed by atoms with Crippen LogP contribution in [0.25, 0.3) is 0 Å². The molecule has 1 aromatic heterocycles. The van der Waals surface area contributed by atoms with Crippen LogP contribution in [0.15, 0.2) is 51.8 Å². The third kappa shape index (κ3) is 4.70. The molecule has 2 aliphatic heterocycles. The van der Waals surface area contributed by atoms with Crippen molar-refractivity contribution < 1.29 is 19.1 Å². The number of fused-ring (bicyclic) bond motifs is 3. The Morgan fingerprint density at radius 2 is 2.10 bits per heavy atom. The van der Waals surface area contributed by atoms with Gasteiger partial charge in [0, 0.05) is 10.4 Å². The SMILES string of the molecule is CCOC(=O)CSC1=Nc2ccccc2C2=N[C@@H](CC(=O)NCc3cccs3)C(=O)N12. The largest absolute Gasteiger partial charge is 0.465 e. The van der Waals surface area contributed by atoms with Crippen LogP contribution in [-0.4, -0.2) is 52.1 Å². The van der Waals surface area contributed by atoms with Gasteiger partial charge in [0.25, 0.3) is 5.91 Å². The van der Waals surface area contributed by atoms with Crippen molar-refractivity contribution in [1.29, 1.82) is 0 Å². The van der Waals surface area contributed by atoms with Gasteiger partial charge in [-0.1, -0.05) is 30.0 Å². The molecule has 0 fully saturated rings. The lowest BCUT2D eigenvalue weighted by Crippen LogP contribution is -2.42. The molecule has 0 unspecified atom stereocenters. The third-order valence-electron chi connectivity index (χ3n) is 4.59. The first kappa shape index (κ1) is 21.3. The van der Waals surface area contributed by atoms with E-state index in [4.69, 9.17) is 4.74 Å². The lowest BCUT2D eigenvalue weighted by Gasteiger charge is -2.25. The molecule has 2 aliphatic rings. The number of nitrogens with one attached hydrogen (secondary N) is 1. The van der Waals surface area contributed by atoms with Gasteiger partial charge < -0.3 is 10.1 Å². The number of hydrogen-bond donors (Lipinski definition) is 1. The van der Waals surface area contributed by atoms with E-state index in [0.29, 0.717) is 23.2 Å². The van der Waals surface area contributed by atoms with Crippen molar-refractivity contribution in [1.82, 2.24) is 10.2 Å². The molecule has 0 saturated heterocycles. The molecule has 3 heterocycles. The number of carbonyl (C=O) groups is 3. The molecule has 1 atom stereocenters. The number of amides is 2. The van der Waals surface area contributed by atoms with Gasteiger partial charge in [-0.15, -0.1) is 11.3 Å². The van der Waals surface area contributed by atoms with Crippen molar-refractivity contribution in [2.24, 2.45) is 9.98 Å². The van der Waals surface area contributed by atoms with Gasteiger partial charge in [0.1, 0.15) is 11.9 Å². The Morgan fingerprint density at radius 1 is 1.26 bits per heavy atom. The summed E-state index contributed by atoms with van der Waals surface area (Å²) >= 11 is 2.67. The van der Waals surface area contributed by atoms with E-state index < -0.39 is 6.04 Å². The van der Waals surface area contributed by atoms with E-state index >= 15 is 0 Å². The number of para-hydroxylation sites is 1. The molecule has 0 bridgehead atoms. The lowest BCUT2D eigenvalue weighted by molar-refractivity contribution is -0.139. The molecular formula is C21H20N4O4S2. The number of thioether (sulfide) groups is 1. The fourth-order valence-corrected chi connectivity index (χ4v) is 4.65. The number of nitrogens with zero attached hydrogens (tertiary/aromatic N) is 3. The number of benzene rings is 1. The summed E-state index contributed by atoms with van der Waals surface area (Å²) in [6, 6.07) is 10.4. The minimum Gasteiger partial charge on any atom is -0.465 e. The number of ether oxygens (including phenoxy) is 1. The number of aliphatic imine (C=N–C) groups is 2. The average molecular weight is 457 g/mol. The smallest absolute Gasteiger partial charge is 0.316 e. The van der Waals surface area contributed by atoms with Crippen LogP contribution < -0.4 is 5.32 Å². The zero-order valence-electron chi connectivity index (χ0n) is 16.7. The molecule has 4 rings (SSSR count). The van der Waals surface area contributed by atoms with Crippen LogP contribution in [0, 0.1) is 0 Å². The maximum absolute atomic E-state index is 13.1. The first-order valence-electron chi connectivity index (χ1n) is 9.74. The molecule has 0 radical (unpaired) electrons. The molecule has 0 saturated carbocycles. The fraction of sp³-hybridized carbons (Fsp3) is 0.286. The highest BCUT2D eigenvalue weighted by atomic mass is 32.2. The standard InChI is InChI=1S/C21H20N4O4S2/c1-2-29-18(27)12-31-21-24-15-8-4-3-7-14(15)19-23-16(20(28)25(19)21)10-17(26)22-11-13-6-5-9-30-13/h3-9,16H,2,10-12H2,1H3,(H,22,26)/t16-/m0/s1. The van der Waals surface area contributed by atoms with E-state index in [0.717, 1.165) is 22.2 Å². The molecule has 0 spiro atoms. The predicted octanol–water partition coefficient (Wildman–Crippen LogP) is 2.71. The van der Waals surface area contributed by atoms with Gasteiger partial charge in [0.05, 0.1) is 31.0 Å². The van der Waals surface area contributed by atoms with Gasteiger partial charge in [-0.2, -0.15) is 0 Å². The molecule has 2 aromatic rings. The minimum atomic E-state index is -0.835. The van der Waals surface area contributed by atoms with Crippen molar-refractivity contribution in [3.05, 3.63) is 52.2 Å². The first-order valence-corrected chi connectivity index (χ1v) is 11.6. The summed E-state index contributed by atoms with van der Waals surface area (Å²) in [5, 5.41) is 5.13. The number of amidine groups is 2. The Balaban J connectivity index is 1.51. The maximum atomic E-state index is 13.1. The monoisotopic (exact) mass is 456 g/mol. The second-order valence-electron chi connectivity index (χ2n) is 6.71. The highest BCUT2D eigenvalue weighted by Crippen LogP contribution is 2.34. The van der Waals surface area contributed by atoms with E-state index in [2.05, 4.69) is 15.3 Å². The highest BCUT2D eigenvalue weighted by molar-refractivity contribution is 8.14. The minimum absolute atomic E-state index is 0.0257. The van der Waals surface area contributed by atoms with Gasteiger partial charge in [-0.25, -0.2) is 9.89 Å². The van der Waals surface area contributed by atoms with Crippen LogP contribution in [0.3, 0.4) is 0 Å². The zero-order chi connectivity index (χ0) is 21.8. The summed E-state index contributed by atoms with van der Waals surface area (Å²) in [4.78, 5) is 48.9. The molecule has 1 aromatic carbocycles. The van der Waals surface area contributed by atoms with Crippen LogP contribution in [0.4, 0.5) is 5.69 Å². The Bertz CT molecular complexity index is 1070. The Labute approximate surface area is 187 Å². The number of esters is 1. The Hall–Kier alpha value is -2.98. The van der Waals surface area contributed by atoms with Gasteiger partial charge in [-0.05, 0) is 30.5 Å². The summed E-state index contributed by atoms with van der Waals surface area (Å²) in [5.41, 5.74) is 1.39. The van der Waals surface area contributed by atoms with Crippen LogP contribution in [-0.2, 0) is 25.7 Å². The van der Waals surface area contributed by atoms with Crippen LogP contribution in [0.2, 0.25) is 0 Å². The summed E-state index contributed by atoms with van der Waals surface area (Å²) in [7, 11) is 0. The second-order valence-corrected chi connectivity index (χ2v) is 8.68. The Morgan fingerprint density at radius 3 is 2.87 bits per heavy atom. The molecule has 8 nitrogen and oxygen atoms in total. The molecule has 10 heteroatoms. The van der Waals surface area contributed by atoms with Crippen molar-refractivity contribution in [2.75, 3.05) is 12.4 Å². The van der Waals surface area contributed by atoms with Gasteiger partial charge in [0.2, 0.25) is 5.91 Å². The van der Waals surface area contributed by atoms with Crippen molar-refractivity contribution in [3.8, 4) is 0 Å². The number of hydrogen-bond acceptors (Lipinski definition) is 8. The zero-order valence-corrected chi connectivity index (χ0v) is 18.4. The number of thiophene rings is 1. The van der Waals surface area contributed by atoms with Crippen LogP contribution in [0.5, 0.6) is 0 Å². The summed E-state index contributed by atoms with van der Waals surface area (Å²) in [6.45, 7) is 2.44. The van der Waals surface area contributed by atoms with E-state index in [9.17, 15) is 14.4 Å².